The fourth-order valence-electron chi connectivity index (χ4n) is 3.20. The number of nitrogens with one attached hydrogen (secondary N) is 1. The lowest BCUT2D eigenvalue weighted by atomic mass is 9.84. The standard InChI is InChI=1S/C14H16N2O4/c1-6-12(18)10-7-4-9(17)16(2)5-8(15-7)11(10)13(19)14(6)20-3/h7-8,15H,4-5H2,1-3H3. The van der Waals surface area contributed by atoms with Crippen molar-refractivity contribution in [3.05, 3.63) is 22.5 Å². The second-order valence-corrected chi connectivity index (χ2v) is 5.39. The molecule has 20 heavy (non-hydrogen) atoms. The predicted molar refractivity (Wildman–Crippen MR) is 69.7 cm³/mol. The lowest BCUT2D eigenvalue weighted by Crippen LogP contribution is -2.39. The van der Waals surface area contributed by atoms with Gasteiger partial charge in [0.05, 0.1) is 13.2 Å². The van der Waals surface area contributed by atoms with Gasteiger partial charge in [0, 0.05) is 42.8 Å². The van der Waals surface area contributed by atoms with Crippen LogP contribution in [0.15, 0.2) is 22.5 Å². The Hall–Kier alpha value is -1.95. The van der Waals surface area contributed by atoms with E-state index in [-0.39, 0.29) is 41.7 Å². The first kappa shape index (κ1) is 13.1. The van der Waals surface area contributed by atoms with E-state index in [9.17, 15) is 14.4 Å². The van der Waals surface area contributed by atoms with E-state index in [1.165, 1.54) is 7.11 Å². The maximum atomic E-state index is 12.5. The molecule has 1 aliphatic carbocycles. The molecule has 6 heteroatoms. The van der Waals surface area contributed by atoms with Crippen LogP contribution in [0.25, 0.3) is 0 Å². The molecule has 0 aromatic rings. The zero-order valence-corrected chi connectivity index (χ0v) is 11.6. The largest absolute Gasteiger partial charge is 0.492 e. The number of Topliss-reactive ketones (excluding diaryl/α,β-unsaturated/α-hetero) is 2. The molecular formula is C14H16N2O4. The van der Waals surface area contributed by atoms with Crippen molar-refractivity contribution in [1.29, 1.82) is 0 Å². The quantitative estimate of drug-likeness (QED) is 0.657. The van der Waals surface area contributed by atoms with E-state index < -0.39 is 0 Å². The van der Waals surface area contributed by atoms with Gasteiger partial charge in [-0.2, -0.15) is 0 Å². The van der Waals surface area contributed by atoms with Gasteiger partial charge in [-0.1, -0.05) is 0 Å². The van der Waals surface area contributed by atoms with Crippen LogP contribution in [-0.4, -0.2) is 55.2 Å². The molecule has 6 nitrogen and oxygen atoms in total. The number of amides is 1. The van der Waals surface area contributed by atoms with Crippen LogP contribution in [0.5, 0.6) is 0 Å². The van der Waals surface area contributed by atoms with E-state index in [2.05, 4.69) is 5.32 Å². The van der Waals surface area contributed by atoms with Crippen LogP contribution in [0.2, 0.25) is 0 Å². The highest BCUT2D eigenvalue weighted by Crippen LogP contribution is 2.36. The third kappa shape index (κ3) is 1.57. The van der Waals surface area contributed by atoms with Crippen molar-refractivity contribution in [2.24, 2.45) is 0 Å². The number of ketones is 2. The Morgan fingerprint density at radius 2 is 1.80 bits per heavy atom. The molecular weight excluding hydrogens is 260 g/mol. The molecule has 2 aliphatic heterocycles. The van der Waals surface area contributed by atoms with Gasteiger partial charge in [0.1, 0.15) is 0 Å². The Labute approximate surface area is 116 Å². The van der Waals surface area contributed by atoms with Crippen LogP contribution in [0, 0.1) is 0 Å². The average molecular weight is 276 g/mol. The molecule has 1 amide bonds. The van der Waals surface area contributed by atoms with Gasteiger partial charge in [-0.25, -0.2) is 0 Å². The van der Waals surface area contributed by atoms with E-state index in [4.69, 9.17) is 4.74 Å². The number of hydrogen-bond donors (Lipinski definition) is 1. The fourth-order valence-corrected chi connectivity index (χ4v) is 3.20. The highest BCUT2D eigenvalue weighted by atomic mass is 16.5. The summed E-state index contributed by atoms with van der Waals surface area (Å²) in [7, 11) is 3.10. The molecule has 0 aromatic carbocycles. The number of methoxy groups -OCH3 is 1. The van der Waals surface area contributed by atoms with Crippen molar-refractivity contribution in [3.8, 4) is 0 Å². The maximum absolute atomic E-state index is 12.5. The number of carbonyl (C=O) groups is 3. The molecule has 106 valence electrons. The molecule has 2 unspecified atom stereocenters. The molecule has 0 aromatic heterocycles. The summed E-state index contributed by atoms with van der Waals surface area (Å²) in [4.78, 5) is 38.4. The number of fused-ring (bicyclic) bond motifs is 4. The van der Waals surface area contributed by atoms with Crippen LogP contribution in [0.1, 0.15) is 13.3 Å². The lowest BCUT2D eigenvalue weighted by molar-refractivity contribution is -0.130. The van der Waals surface area contributed by atoms with Crippen molar-refractivity contribution < 1.29 is 19.1 Å². The maximum Gasteiger partial charge on any atom is 0.226 e. The zero-order valence-electron chi connectivity index (χ0n) is 11.6. The molecule has 2 bridgehead atoms. The average Bonchev–Trinajstić information content (AvgIpc) is 2.67. The Bertz CT molecular complexity index is 602. The molecule has 3 rings (SSSR count). The summed E-state index contributed by atoms with van der Waals surface area (Å²) in [6, 6.07) is -0.654. The van der Waals surface area contributed by atoms with Gasteiger partial charge in [-0.15, -0.1) is 0 Å². The third-order valence-electron chi connectivity index (χ3n) is 4.23. The van der Waals surface area contributed by atoms with Crippen LogP contribution < -0.4 is 5.32 Å². The number of rotatable bonds is 1. The van der Waals surface area contributed by atoms with Gasteiger partial charge in [0.2, 0.25) is 11.7 Å². The lowest BCUT2D eigenvalue weighted by Gasteiger charge is -2.25. The molecule has 1 N–H and O–H groups in total. The SMILES string of the molecule is COC1=C(C)C(=O)C2=C(C1=O)C1CN(C)C(=O)CC2N1. The Morgan fingerprint density at radius 3 is 2.45 bits per heavy atom. The van der Waals surface area contributed by atoms with Crippen LogP contribution in [-0.2, 0) is 19.1 Å². The molecule has 0 saturated carbocycles. The van der Waals surface area contributed by atoms with E-state index in [1.54, 1.807) is 18.9 Å². The summed E-state index contributed by atoms with van der Waals surface area (Å²) < 4.78 is 5.09. The van der Waals surface area contributed by atoms with E-state index in [0.717, 1.165) is 0 Å². The van der Waals surface area contributed by atoms with Gasteiger partial charge in [-0.05, 0) is 6.92 Å². The minimum atomic E-state index is -0.364. The van der Waals surface area contributed by atoms with Crippen LogP contribution in [0.4, 0.5) is 0 Å². The summed E-state index contributed by atoms with van der Waals surface area (Å²) in [5.41, 5.74) is 1.26. The third-order valence-corrected chi connectivity index (χ3v) is 4.23. The smallest absolute Gasteiger partial charge is 0.226 e. The molecule has 0 radical (unpaired) electrons. The molecule has 0 spiro atoms. The van der Waals surface area contributed by atoms with Crippen molar-refractivity contribution >= 4 is 17.5 Å². The molecule has 3 aliphatic rings. The number of allylic oxidation sites excluding steroid dienone is 2. The highest BCUT2D eigenvalue weighted by molar-refractivity contribution is 6.26. The molecule has 1 fully saturated rings. The van der Waals surface area contributed by atoms with Gasteiger partial charge in [-0.3, -0.25) is 14.4 Å². The van der Waals surface area contributed by atoms with Gasteiger partial charge < -0.3 is 15.0 Å². The monoisotopic (exact) mass is 276 g/mol. The second kappa shape index (κ2) is 4.28. The van der Waals surface area contributed by atoms with Crippen molar-refractivity contribution in [1.82, 2.24) is 10.2 Å². The summed E-state index contributed by atoms with van der Waals surface area (Å²) >= 11 is 0. The highest BCUT2D eigenvalue weighted by Gasteiger charge is 2.47. The number of nitrogens with zero attached hydrogens (tertiary/aromatic N) is 1. The first-order chi connectivity index (χ1) is 9.45. The first-order valence-electron chi connectivity index (χ1n) is 6.54. The first-order valence-corrected chi connectivity index (χ1v) is 6.54. The van der Waals surface area contributed by atoms with Crippen molar-refractivity contribution in [3.63, 3.8) is 0 Å². The Kier molecular flexibility index (Phi) is 2.79. The Balaban J connectivity index is 2.10. The topological polar surface area (TPSA) is 75.7 Å². The number of carbonyl (C=O) groups excluding carboxylic acids is 3. The van der Waals surface area contributed by atoms with E-state index >= 15 is 0 Å². The Morgan fingerprint density at radius 1 is 1.15 bits per heavy atom. The number of ether oxygens (including phenoxy) is 1. The fraction of sp³-hybridized carbons (Fsp3) is 0.500. The van der Waals surface area contributed by atoms with Crippen molar-refractivity contribution in [2.45, 2.75) is 25.4 Å². The minimum Gasteiger partial charge on any atom is -0.492 e. The van der Waals surface area contributed by atoms with Gasteiger partial charge >= 0.3 is 0 Å². The second-order valence-electron chi connectivity index (χ2n) is 5.39. The van der Waals surface area contributed by atoms with E-state index in [1.807, 2.05) is 0 Å². The summed E-state index contributed by atoms with van der Waals surface area (Å²) in [6.45, 7) is 1.98. The number of hydrogen-bond acceptors (Lipinski definition) is 5. The van der Waals surface area contributed by atoms with Gasteiger partial charge in [0.15, 0.2) is 11.5 Å². The van der Waals surface area contributed by atoms with E-state index in [0.29, 0.717) is 23.3 Å². The van der Waals surface area contributed by atoms with Crippen molar-refractivity contribution in [2.75, 3.05) is 20.7 Å². The molecule has 2 heterocycles. The minimum absolute atomic E-state index is 0.0176. The summed E-state index contributed by atoms with van der Waals surface area (Å²) in [5.74, 6) is -0.317. The molecule has 1 saturated heterocycles. The normalized spacial score (nSPS) is 29.9. The molecule has 2 atom stereocenters. The number of likely N-dealkylation sites (N-methyl/N-ethyl adjacent to an activating group) is 1. The predicted octanol–water partition coefficient (Wildman–Crippen LogP) is -0.442. The zero-order chi connectivity index (χ0) is 14.6. The summed E-state index contributed by atoms with van der Waals surface area (Å²) in [5, 5.41) is 3.22. The van der Waals surface area contributed by atoms with Crippen LogP contribution in [0.3, 0.4) is 0 Å². The summed E-state index contributed by atoms with van der Waals surface area (Å²) in [6.07, 6.45) is 0.209. The van der Waals surface area contributed by atoms with Gasteiger partial charge in [0.25, 0.3) is 0 Å². The van der Waals surface area contributed by atoms with Crippen LogP contribution >= 0.6 is 0 Å².